The average molecular weight is 261 g/mol. The lowest BCUT2D eigenvalue weighted by atomic mass is 10.2. The molecule has 0 unspecified atom stereocenters. The number of thioether (sulfide) groups is 1. The molecule has 16 heavy (non-hydrogen) atoms. The van der Waals surface area contributed by atoms with Crippen LogP contribution in [0.3, 0.4) is 0 Å². The Morgan fingerprint density at radius 1 is 1.31 bits per heavy atom. The first-order valence-electron chi connectivity index (χ1n) is 4.92. The molecule has 1 aromatic rings. The van der Waals surface area contributed by atoms with Crippen LogP contribution in [0.4, 0.5) is 0 Å². The fourth-order valence-corrected chi connectivity index (χ4v) is 2.77. The van der Waals surface area contributed by atoms with Crippen molar-refractivity contribution in [3.63, 3.8) is 0 Å². The van der Waals surface area contributed by atoms with Gasteiger partial charge in [-0.2, -0.15) is 11.8 Å². The Balaban J connectivity index is 2.20. The summed E-state index contributed by atoms with van der Waals surface area (Å²) >= 11 is 1.63. The Hall–Kier alpha value is -0.320. The molecule has 0 aliphatic heterocycles. The summed E-state index contributed by atoms with van der Waals surface area (Å²) in [5.41, 5.74) is 6.56. The molecule has 0 heterocycles. The minimum atomic E-state index is -4.10. The lowest BCUT2D eigenvalue weighted by Gasteiger charge is -2.12. The molecule has 0 saturated heterocycles. The minimum absolute atomic E-state index is 0.335. The summed E-state index contributed by atoms with van der Waals surface area (Å²) in [4.78, 5) is 17.6. The summed E-state index contributed by atoms with van der Waals surface area (Å²) in [6.07, 6.45) is 0.335. The van der Waals surface area contributed by atoms with Crippen LogP contribution in [0.1, 0.15) is 12.0 Å². The Labute approximate surface area is 99.4 Å². The van der Waals surface area contributed by atoms with Gasteiger partial charge in [0, 0.05) is 5.75 Å². The normalized spacial score (nSPS) is 13.7. The summed E-state index contributed by atoms with van der Waals surface area (Å²) in [6.45, 7) is 0. The largest absolute Gasteiger partial charge is 0.342 e. The number of benzene rings is 1. The standard InChI is InChI=1S/C10H16NO3PS/c11-10(15(12,13)14)6-7-16-8-9-4-2-1-3-5-9/h1-5,10H,6-8,11H2,(H2,12,13,14)/t10-/m1/s1. The van der Waals surface area contributed by atoms with Crippen LogP contribution >= 0.6 is 19.4 Å². The summed E-state index contributed by atoms with van der Waals surface area (Å²) < 4.78 is 10.8. The van der Waals surface area contributed by atoms with Gasteiger partial charge in [-0.15, -0.1) is 0 Å². The molecule has 0 radical (unpaired) electrons. The number of nitrogens with two attached hydrogens (primary N) is 1. The summed E-state index contributed by atoms with van der Waals surface area (Å²) in [5, 5.41) is 0. The van der Waals surface area contributed by atoms with E-state index in [1.807, 2.05) is 30.3 Å². The van der Waals surface area contributed by atoms with E-state index >= 15 is 0 Å². The van der Waals surface area contributed by atoms with Crippen molar-refractivity contribution < 1.29 is 14.4 Å². The first-order chi connectivity index (χ1) is 7.50. The third kappa shape index (κ3) is 5.14. The number of hydrogen-bond donors (Lipinski definition) is 3. The fourth-order valence-electron chi connectivity index (χ4n) is 1.14. The topological polar surface area (TPSA) is 83.6 Å². The van der Waals surface area contributed by atoms with Gasteiger partial charge in [0.25, 0.3) is 0 Å². The van der Waals surface area contributed by atoms with Gasteiger partial charge in [-0.05, 0) is 17.7 Å². The van der Waals surface area contributed by atoms with Crippen LogP contribution in [-0.2, 0) is 10.3 Å². The van der Waals surface area contributed by atoms with Gasteiger partial charge in [-0.3, -0.25) is 4.57 Å². The van der Waals surface area contributed by atoms with Gasteiger partial charge in [0.2, 0.25) is 0 Å². The number of rotatable bonds is 6. The molecule has 0 aliphatic rings. The molecule has 0 amide bonds. The Morgan fingerprint density at radius 2 is 1.94 bits per heavy atom. The van der Waals surface area contributed by atoms with Gasteiger partial charge in [-0.25, -0.2) is 0 Å². The average Bonchev–Trinajstić information content (AvgIpc) is 2.24. The van der Waals surface area contributed by atoms with E-state index in [9.17, 15) is 4.57 Å². The third-order valence-electron chi connectivity index (χ3n) is 2.10. The van der Waals surface area contributed by atoms with E-state index in [1.165, 1.54) is 5.56 Å². The maximum absolute atomic E-state index is 10.8. The Bertz CT molecular complexity index is 354. The SMILES string of the molecule is N[C@@H](CCSCc1ccccc1)P(=O)(O)O. The van der Waals surface area contributed by atoms with E-state index in [4.69, 9.17) is 15.5 Å². The molecule has 90 valence electrons. The molecule has 0 aromatic heterocycles. The van der Waals surface area contributed by atoms with Crippen molar-refractivity contribution in [3.8, 4) is 0 Å². The van der Waals surface area contributed by atoms with Crippen molar-refractivity contribution in [2.24, 2.45) is 5.73 Å². The Kier molecular flexibility index (Phi) is 5.52. The van der Waals surface area contributed by atoms with Crippen LogP contribution in [0.15, 0.2) is 30.3 Å². The first-order valence-corrected chi connectivity index (χ1v) is 7.76. The summed E-state index contributed by atoms with van der Waals surface area (Å²) in [6, 6.07) is 9.94. The molecule has 0 fully saturated rings. The Morgan fingerprint density at radius 3 is 2.50 bits per heavy atom. The zero-order chi connectivity index (χ0) is 12.0. The van der Waals surface area contributed by atoms with Crippen LogP contribution in [0.5, 0.6) is 0 Å². The van der Waals surface area contributed by atoms with E-state index in [1.54, 1.807) is 11.8 Å². The lowest BCUT2D eigenvalue weighted by Crippen LogP contribution is -2.20. The molecule has 1 rings (SSSR count). The molecular formula is C10H16NO3PS. The maximum atomic E-state index is 10.8. The van der Waals surface area contributed by atoms with E-state index in [2.05, 4.69) is 0 Å². The van der Waals surface area contributed by atoms with Gasteiger partial charge in [0.15, 0.2) is 0 Å². The van der Waals surface area contributed by atoms with Crippen LogP contribution in [0, 0.1) is 0 Å². The maximum Gasteiger partial charge on any atom is 0.342 e. The fraction of sp³-hybridized carbons (Fsp3) is 0.400. The second kappa shape index (κ2) is 6.42. The second-order valence-corrected chi connectivity index (χ2v) is 6.43. The van der Waals surface area contributed by atoms with Gasteiger partial charge in [-0.1, -0.05) is 30.3 Å². The van der Waals surface area contributed by atoms with Gasteiger partial charge < -0.3 is 15.5 Å². The zero-order valence-electron chi connectivity index (χ0n) is 8.82. The molecule has 6 heteroatoms. The molecule has 0 saturated carbocycles. The van der Waals surface area contributed by atoms with E-state index in [0.29, 0.717) is 12.2 Å². The first kappa shape index (κ1) is 13.7. The highest BCUT2D eigenvalue weighted by Crippen LogP contribution is 2.40. The summed E-state index contributed by atoms with van der Waals surface area (Å²) in [7, 11) is -4.10. The predicted octanol–water partition coefficient (Wildman–Crippen LogP) is 1.77. The number of hydrogen-bond acceptors (Lipinski definition) is 3. The van der Waals surface area contributed by atoms with Crippen molar-refractivity contribution in [3.05, 3.63) is 35.9 Å². The van der Waals surface area contributed by atoms with Crippen molar-refractivity contribution in [2.45, 2.75) is 18.0 Å². The smallest absolute Gasteiger partial charge is 0.323 e. The van der Waals surface area contributed by atoms with E-state index < -0.39 is 13.4 Å². The third-order valence-corrected chi connectivity index (χ3v) is 4.29. The minimum Gasteiger partial charge on any atom is -0.323 e. The molecule has 0 aliphatic carbocycles. The molecule has 4 N–H and O–H groups in total. The van der Waals surface area contributed by atoms with Crippen molar-refractivity contribution >= 4 is 19.4 Å². The highest BCUT2D eigenvalue weighted by atomic mass is 32.2. The highest BCUT2D eigenvalue weighted by molar-refractivity contribution is 7.98. The molecule has 0 spiro atoms. The predicted molar refractivity (Wildman–Crippen MR) is 67.2 cm³/mol. The van der Waals surface area contributed by atoms with Gasteiger partial charge >= 0.3 is 7.60 Å². The molecule has 4 nitrogen and oxygen atoms in total. The highest BCUT2D eigenvalue weighted by Gasteiger charge is 2.23. The van der Waals surface area contributed by atoms with Crippen molar-refractivity contribution in [1.82, 2.24) is 0 Å². The van der Waals surface area contributed by atoms with Gasteiger partial charge in [0.1, 0.15) is 5.78 Å². The van der Waals surface area contributed by atoms with E-state index in [-0.39, 0.29) is 0 Å². The van der Waals surface area contributed by atoms with Crippen LogP contribution < -0.4 is 5.73 Å². The zero-order valence-corrected chi connectivity index (χ0v) is 10.5. The monoisotopic (exact) mass is 261 g/mol. The van der Waals surface area contributed by atoms with E-state index in [0.717, 1.165) is 5.75 Å². The lowest BCUT2D eigenvalue weighted by molar-refractivity contribution is 0.357. The summed E-state index contributed by atoms with van der Waals surface area (Å²) in [5.74, 6) is 0.464. The molecule has 0 bridgehead atoms. The quantitative estimate of drug-likeness (QED) is 0.537. The molecule has 1 atom stereocenters. The van der Waals surface area contributed by atoms with Crippen molar-refractivity contribution in [1.29, 1.82) is 0 Å². The molecule has 1 aromatic carbocycles. The second-order valence-electron chi connectivity index (χ2n) is 3.48. The van der Waals surface area contributed by atoms with Crippen LogP contribution in [0.25, 0.3) is 0 Å². The van der Waals surface area contributed by atoms with Crippen LogP contribution in [0.2, 0.25) is 0 Å². The van der Waals surface area contributed by atoms with Crippen molar-refractivity contribution in [2.75, 3.05) is 5.75 Å². The van der Waals surface area contributed by atoms with Crippen LogP contribution in [-0.4, -0.2) is 21.3 Å². The van der Waals surface area contributed by atoms with Gasteiger partial charge in [0.05, 0.1) is 0 Å². The molecular weight excluding hydrogens is 245 g/mol.